The first kappa shape index (κ1) is 15.8. The fourth-order valence-corrected chi connectivity index (χ4v) is 4.66. The monoisotopic (exact) mass is 308 g/mol. The number of nitrogens with one attached hydrogen (secondary N) is 1. The molecule has 3 aliphatic carbocycles. The van der Waals surface area contributed by atoms with Gasteiger partial charge in [-0.3, -0.25) is 9.59 Å². The van der Waals surface area contributed by atoms with Crippen LogP contribution >= 0.6 is 0 Å². The molecule has 124 valence electrons. The number of hydrogen-bond donors (Lipinski definition) is 2. The minimum absolute atomic E-state index is 0.0743. The first-order valence-electron chi connectivity index (χ1n) is 8.67. The second-order valence-corrected chi connectivity index (χ2v) is 7.57. The summed E-state index contributed by atoms with van der Waals surface area (Å²) >= 11 is 0. The molecule has 5 nitrogen and oxygen atoms in total. The summed E-state index contributed by atoms with van der Waals surface area (Å²) in [7, 11) is 1.40. The first-order valence-corrected chi connectivity index (χ1v) is 8.67. The van der Waals surface area contributed by atoms with Gasteiger partial charge in [-0.1, -0.05) is 6.42 Å². The van der Waals surface area contributed by atoms with Gasteiger partial charge in [-0.2, -0.15) is 0 Å². The number of nitrogens with two attached hydrogens (primary N) is 1. The SMILES string of the molecule is COC(=O)CC1(NC(=O)C2CC3CCCC(C2)C3N)CCC1. The molecule has 0 radical (unpaired) electrons. The lowest BCUT2D eigenvalue weighted by Gasteiger charge is -2.46. The minimum atomic E-state index is -0.348. The van der Waals surface area contributed by atoms with Crippen LogP contribution in [0.2, 0.25) is 0 Å². The van der Waals surface area contributed by atoms with Crippen LogP contribution in [0.4, 0.5) is 0 Å². The summed E-state index contributed by atoms with van der Waals surface area (Å²) in [6.45, 7) is 0. The molecule has 0 spiro atoms. The largest absolute Gasteiger partial charge is 0.469 e. The Morgan fingerprint density at radius 1 is 1.18 bits per heavy atom. The zero-order chi connectivity index (χ0) is 15.7. The van der Waals surface area contributed by atoms with Crippen molar-refractivity contribution in [3.8, 4) is 0 Å². The maximum absolute atomic E-state index is 12.7. The van der Waals surface area contributed by atoms with Crippen molar-refractivity contribution in [3.63, 3.8) is 0 Å². The summed E-state index contributed by atoms with van der Waals surface area (Å²) in [4.78, 5) is 24.3. The molecule has 0 saturated heterocycles. The molecule has 0 aromatic heterocycles. The molecule has 5 heteroatoms. The second-order valence-electron chi connectivity index (χ2n) is 7.57. The van der Waals surface area contributed by atoms with E-state index >= 15 is 0 Å². The van der Waals surface area contributed by atoms with Crippen LogP contribution < -0.4 is 11.1 Å². The maximum Gasteiger partial charge on any atom is 0.307 e. The number of rotatable bonds is 4. The average molecular weight is 308 g/mol. The molecule has 0 heterocycles. The van der Waals surface area contributed by atoms with E-state index in [9.17, 15) is 9.59 Å². The van der Waals surface area contributed by atoms with Crippen LogP contribution in [0, 0.1) is 17.8 Å². The summed E-state index contributed by atoms with van der Waals surface area (Å²) in [5.74, 6) is 0.975. The van der Waals surface area contributed by atoms with Crippen molar-refractivity contribution in [1.29, 1.82) is 0 Å². The minimum Gasteiger partial charge on any atom is -0.469 e. The average Bonchev–Trinajstić information content (AvgIpc) is 2.44. The molecule has 2 unspecified atom stereocenters. The number of carbonyl (C=O) groups excluding carboxylic acids is 2. The third-order valence-electron chi connectivity index (χ3n) is 6.19. The van der Waals surface area contributed by atoms with Crippen molar-refractivity contribution in [1.82, 2.24) is 5.32 Å². The lowest BCUT2D eigenvalue weighted by atomic mass is 9.64. The van der Waals surface area contributed by atoms with Gasteiger partial charge in [0.25, 0.3) is 0 Å². The van der Waals surface area contributed by atoms with Gasteiger partial charge < -0.3 is 15.8 Å². The van der Waals surface area contributed by atoms with Crippen molar-refractivity contribution in [2.24, 2.45) is 23.5 Å². The Bertz CT molecular complexity index is 433. The quantitative estimate of drug-likeness (QED) is 0.775. The van der Waals surface area contributed by atoms with Gasteiger partial charge >= 0.3 is 5.97 Å². The first-order chi connectivity index (χ1) is 10.5. The Kier molecular flexibility index (Phi) is 4.44. The van der Waals surface area contributed by atoms with E-state index in [1.54, 1.807) is 0 Å². The van der Waals surface area contributed by atoms with Crippen molar-refractivity contribution in [2.75, 3.05) is 7.11 Å². The predicted octanol–water partition coefficient (Wildman–Crippen LogP) is 1.74. The van der Waals surface area contributed by atoms with Crippen LogP contribution in [-0.2, 0) is 14.3 Å². The molecule has 1 amide bonds. The maximum atomic E-state index is 12.7. The topological polar surface area (TPSA) is 81.4 Å². The number of hydrogen-bond acceptors (Lipinski definition) is 4. The fraction of sp³-hybridized carbons (Fsp3) is 0.882. The zero-order valence-electron chi connectivity index (χ0n) is 13.5. The molecule has 0 aliphatic heterocycles. The van der Waals surface area contributed by atoms with E-state index < -0.39 is 0 Å². The molecule has 3 aliphatic rings. The Morgan fingerprint density at radius 2 is 1.82 bits per heavy atom. The van der Waals surface area contributed by atoms with Gasteiger partial charge in [0.15, 0.2) is 0 Å². The smallest absolute Gasteiger partial charge is 0.307 e. The van der Waals surface area contributed by atoms with Gasteiger partial charge in [-0.05, 0) is 56.8 Å². The number of ether oxygens (including phenoxy) is 1. The van der Waals surface area contributed by atoms with Crippen LogP contribution in [0.3, 0.4) is 0 Å². The highest BCUT2D eigenvalue weighted by atomic mass is 16.5. The Hall–Kier alpha value is -1.10. The molecule has 22 heavy (non-hydrogen) atoms. The van der Waals surface area contributed by atoms with Crippen molar-refractivity contribution >= 4 is 11.9 Å². The predicted molar refractivity (Wildman–Crippen MR) is 82.9 cm³/mol. The van der Waals surface area contributed by atoms with Crippen molar-refractivity contribution in [3.05, 3.63) is 0 Å². The fourth-order valence-electron chi connectivity index (χ4n) is 4.66. The highest BCUT2D eigenvalue weighted by Crippen LogP contribution is 2.43. The lowest BCUT2D eigenvalue weighted by Crippen LogP contribution is -2.57. The van der Waals surface area contributed by atoms with Gasteiger partial charge in [-0.15, -0.1) is 0 Å². The molecule has 2 bridgehead atoms. The molecular formula is C17H28N2O3. The third kappa shape index (κ3) is 3.00. The molecular weight excluding hydrogens is 280 g/mol. The number of esters is 1. The van der Waals surface area contributed by atoms with Gasteiger partial charge in [0.2, 0.25) is 5.91 Å². The van der Waals surface area contributed by atoms with E-state index in [1.807, 2.05) is 0 Å². The van der Waals surface area contributed by atoms with E-state index in [-0.39, 0.29) is 29.4 Å². The molecule has 3 N–H and O–H groups in total. The summed E-state index contributed by atoms with van der Waals surface area (Å²) in [6.07, 6.45) is 8.54. The molecule has 0 aromatic carbocycles. The van der Waals surface area contributed by atoms with Gasteiger partial charge in [0.05, 0.1) is 19.1 Å². The lowest BCUT2D eigenvalue weighted by molar-refractivity contribution is -0.144. The third-order valence-corrected chi connectivity index (χ3v) is 6.19. The van der Waals surface area contributed by atoms with E-state index in [2.05, 4.69) is 5.32 Å². The van der Waals surface area contributed by atoms with Crippen molar-refractivity contribution < 1.29 is 14.3 Å². The van der Waals surface area contributed by atoms with E-state index in [4.69, 9.17) is 10.5 Å². The second kappa shape index (κ2) is 6.19. The molecule has 3 rings (SSSR count). The number of amides is 1. The van der Waals surface area contributed by atoms with Gasteiger partial charge in [0.1, 0.15) is 0 Å². The summed E-state index contributed by atoms with van der Waals surface area (Å²) in [5, 5.41) is 3.19. The van der Waals surface area contributed by atoms with Crippen LogP contribution in [0.25, 0.3) is 0 Å². The van der Waals surface area contributed by atoms with Crippen LogP contribution in [-0.4, -0.2) is 30.6 Å². The van der Waals surface area contributed by atoms with Crippen LogP contribution in [0.15, 0.2) is 0 Å². The summed E-state index contributed by atoms with van der Waals surface area (Å²) < 4.78 is 4.78. The van der Waals surface area contributed by atoms with E-state index in [0.29, 0.717) is 18.3 Å². The number of carbonyl (C=O) groups is 2. The molecule has 0 aromatic rings. The molecule has 3 fully saturated rings. The normalized spacial score (nSPS) is 36.1. The molecule has 2 atom stereocenters. The number of methoxy groups -OCH3 is 1. The standard InChI is InChI=1S/C17H28N2O3/c1-22-14(20)10-17(6-3-7-17)19-16(21)13-8-11-4-2-5-12(9-13)15(11)18/h11-13,15H,2-10,18H2,1H3,(H,19,21). The highest BCUT2D eigenvalue weighted by Gasteiger charge is 2.45. The Labute approximate surface area is 132 Å². The zero-order valence-corrected chi connectivity index (χ0v) is 13.5. The van der Waals surface area contributed by atoms with Crippen LogP contribution in [0.5, 0.6) is 0 Å². The van der Waals surface area contributed by atoms with Crippen molar-refractivity contribution in [2.45, 2.75) is 69.4 Å². The Balaban J connectivity index is 1.60. The van der Waals surface area contributed by atoms with E-state index in [1.165, 1.54) is 13.5 Å². The highest BCUT2D eigenvalue weighted by molar-refractivity contribution is 5.81. The molecule has 3 saturated carbocycles. The Morgan fingerprint density at radius 3 is 2.32 bits per heavy atom. The summed E-state index contributed by atoms with van der Waals surface area (Å²) in [5.41, 5.74) is 5.95. The summed E-state index contributed by atoms with van der Waals surface area (Å²) in [6, 6.07) is 0.283. The van der Waals surface area contributed by atoms with E-state index in [0.717, 1.165) is 44.9 Å². The van der Waals surface area contributed by atoms with Gasteiger partial charge in [0, 0.05) is 12.0 Å². The number of fused-ring (bicyclic) bond motifs is 2. The van der Waals surface area contributed by atoms with Crippen LogP contribution in [0.1, 0.15) is 57.8 Å². The van der Waals surface area contributed by atoms with Gasteiger partial charge in [-0.25, -0.2) is 0 Å².